The second kappa shape index (κ2) is 9.91. The first-order valence-electron chi connectivity index (χ1n) is 9.49. The lowest BCUT2D eigenvalue weighted by atomic mass is 9.95. The highest BCUT2D eigenvalue weighted by atomic mass is 16.5. The summed E-state index contributed by atoms with van der Waals surface area (Å²) in [6, 6.07) is 9.65. The van der Waals surface area contributed by atoms with Crippen molar-refractivity contribution in [1.82, 2.24) is 0 Å². The minimum Gasteiger partial charge on any atom is -0.430 e. The Morgan fingerprint density at radius 2 is 1.96 bits per heavy atom. The first kappa shape index (κ1) is 19.9. The summed E-state index contributed by atoms with van der Waals surface area (Å²) in [4.78, 5) is 25.0. The average molecular weight is 353 g/mol. The van der Waals surface area contributed by atoms with Crippen molar-refractivity contribution in [2.24, 2.45) is 5.92 Å². The predicted octanol–water partition coefficient (Wildman–Crippen LogP) is 5.11. The maximum atomic E-state index is 12.8. The monoisotopic (exact) mass is 353 g/mol. The molecule has 0 fully saturated rings. The van der Waals surface area contributed by atoms with Crippen LogP contribution in [0.15, 0.2) is 30.0 Å². The van der Waals surface area contributed by atoms with Gasteiger partial charge >= 0.3 is 5.97 Å². The number of allylic oxidation sites excluding steroid dienone is 2. The van der Waals surface area contributed by atoms with E-state index in [4.69, 9.17) is 10.00 Å². The number of rotatable bonds is 9. The van der Waals surface area contributed by atoms with Crippen LogP contribution >= 0.6 is 0 Å². The van der Waals surface area contributed by atoms with Crippen LogP contribution < -0.4 is 0 Å². The number of esters is 1. The number of nitriles is 1. The van der Waals surface area contributed by atoms with Crippen molar-refractivity contribution in [1.29, 1.82) is 5.26 Å². The van der Waals surface area contributed by atoms with Gasteiger partial charge in [-0.3, -0.25) is 9.59 Å². The molecule has 0 saturated heterocycles. The van der Waals surface area contributed by atoms with Crippen LogP contribution in [0.3, 0.4) is 0 Å². The topological polar surface area (TPSA) is 67.2 Å². The van der Waals surface area contributed by atoms with Crippen molar-refractivity contribution in [3.63, 3.8) is 0 Å². The van der Waals surface area contributed by atoms with Crippen LogP contribution in [0.4, 0.5) is 0 Å². The number of Topliss-reactive ketones (excluding diaryl/α,β-unsaturated/α-hetero) is 1. The largest absolute Gasteiger partial charge is 0.430 e. The van der Waals surface area contributed by atoms with Gasteiger partial charge in [-0.15, -0.1) is 0 Å². The van der Waals surface area contributed by atoms with Gasteiger partial charge in [0.05, 0.1) is 11.6 Å². The van der Waals surface area contributed by atoms with Gasteiger partial charge in [0.15, 0.2) is 5.78 Å². The van der Waals surface area contributed by atoms with Crippen LogP contribution in [-0.4, -0.2) is 11.8 Å². The Morgan fingerprint density at radius 3 is 2.65 bits per heavy atom. The van der Waals surface area contributed by atoms with Gasteiger partial charge in [0.1, 0.15) is 5.76 Å². The summed E-state index contributed by atoms with van der Waals surface area (Å²) in [5, 5.41) is 8.98. The van der Waals surface area contributed by atoms with Gasteiger partial charge in [0.2, 0.25) is 0 Å². The Labute approximate surface area is 155 Å². The number of benzene rings is 1. The number of aryl methyl sites for hydroxylation is 1. The molecule has 1 aromatic carbocycles. The Kier molecular flexibility index (Phi) is 7.59. The quantitative estimate of drug-likeness (QED) is 0.457. The van der Waals surface area contributed by atoms with Crippen molar-refractivity contribution in [3.8, 4) is 6.07 Å². The highest BCUT2D eigenvalue weighted by molar-refractivity contribution is 6.25. The highest BCUT2D eigenvalue weighted by Gasteiger charge is 2.36. The van der Waals surface area contributed by atoms with Gasteiger partial charge in [-0.05, 0) is 24.5 Å². The van der Waals surface area contributed by atoms with E-state index in [2.05, 4.69) is 13.0 Å². The third kappa shape index (κ3) is 5.05. The molecule has 0 N–H and O–H groups in total. The van der Waals surface area contributed by atoms with E-state index in [1.807, 2.05) is 31.2 Å². The molecule has 0 heterocycles. The second-order valence-corrected chi connectivity index (χ2v) is 6.88. The standard InChI is InChI=1S/C22H27NO3/c1-3-4-5-6-7-12-20(24)26-19-15-17(13-14-23)22(25)21(19)18-11-9-8-10-16(18)2/h8-11,17H,3-7,12-13,15H2,1-2H3. The van der Waals surface area contributed by atoms with Gasteiger partial charge in [0, 0.05) is 25.2 Å². The third-order valence-corrected chi connectivity index (χ3v) is 4.80. The van der Waals surface area contributed by atoms with Crippen molar-refractivity contribution in [3.05, 3.63) is 41.2 Å². The van der Waals surface area contributed by atoms with E-state index < -0.39 is 5.92 Å². The lowest BCUT2D eigenvalue weighted by Gasteiger charge is -2.10. The summed E-state index contributed by atoms with van der Waals surface area (Å²) in [5.41, 5.74) is 2.23. The minimum atomic E-state index is -0.415. The van der Waals surface area contributed by atoms with E-state index >= 15 is 0 Å². The smallest absolute Gasteiger partial charge is 0.310 e. The van der Waals surface area contributed by atoms with E-state index in [0.29, 0.717) is 24.2 Å². The van der Waals surface area contributed by atoms with Gasteiger partial charge in [-0.1, -0.05) is 56.9 Å². The molecule has 0 spiro atoms. The van der Waals surface area contributed by atoms with Crippen LogP contribution in [-0.2, 0) is 14.3 Å². The summed E-state index contributed by atoms with van der Waals surface area (Å²) in [6.45, 7) is 4.09. The second-order valence-electron chi connectivity index (χ2n) is 6.88. The summed E-state index contributed by atoms with van der Waals surface area (Å²) in [6.07, 6.45) is 6.14. The number of hydrogen-bond donors (Lipinski definition) is 0. The van der Waals surface area contributed by atoms with Crippen molar-refractivity contribution in [2.45, 2.75) is 65.2 Å². The zero-order chi connectivity index (χ0) is 18.9. The van der Waals surface area contributed by atoms with Crippen molar-refractivity contribution >= 4 is 17.3 Å². The van der Waals surface area contributed by atoms with Crippen molar-refractivity contribution < 1.29 is 14.3 Å². The molecule has 1 aliphatic carbocycles. The first-order valence-corrected chi connectivity index (χ1v) is 9.49. The van der Waals surface area contributed by atoms with Gasteiger partial charge < -0.3 is 4.74 Å². The molecular formula is C22H27NO3. The fraction of sp³-hybridized carbons (Fsp3) is 0.500. The molecule has 1 aromatic rings. The number of carbonyl (C=O) groups excluding carboxylic acids is 2. The first-order chi connectivity index (χ1) is 12.6. The molecule has 0 bridgehead atoms. The predicted molar refractivity (Wildman–Crippen MR) is 101 cm³/mol. The third-order valence-electron chi connectivity index (χ3n) is 4.80. The number of carbonyl (C=O) groups is 2. The summed E-state index contributed by atoms with van der Waals surface area (Å²) >= 11 is 0. The minimum absolute atomic E-state index is 0.0911. The highest BCUT2D eigenvalue weighted by Crippen LogP contribution is 2.38. The average Bonchev–Trinajstić information content (AvgIpc) is 2.91. The van der Waals surface area contributed by atoms with Crippen molar-refractivity contribution in [2.75, 3.05) is 0 Å². The Balaban J connectivity index is 2.13. The summed E-state index contributed by atoms with van der Waals surface area (Å²) < 4.78 is 5.60. The lowest BCUT2D eigenvalue weighted by Crippen LogP contribution is -2.09. The van der Waals surface area contributed by atoms with Gasteiger partial charge in [-0.25, -0.2) is 0 Å². The van der Waals surface area contributed by atoms with Crippen LogP contribution in [0.2, 0.25) is 0 Å². The van der Waals surface area contributed by atoms with E-state index in [0.717, 1.165) is 30.4 Å². The molecule has 26 heavy (non-hydrogen) atoms. The molecule has 1 aliphatic rings. The van der Waals surface area contributed by atoms with Crippen LogP contribution in [0.1, 0.15) is 69.4 Å². The maximum absolute atomic E-state index is 12.8. The fourth-order valence-electron chi connectivity index (χ4n) is 3.33. The van der Waals surface area contributed by atoms with E-state index in [9.17, 15) is 9.59 Å². The molecule has 1 unspecified atom stereocenters. The Hall–Kier alpha value is -2.41. The molecular weight excluding hydrogens is 326 g/mol. The zero-order valence-corrected chi connectivity index (χ0v) is 15.7. The molecule has 0 aliphatic heterocycles. The molecule has 0 radical (unpaired) electrons. The number of hydrogen-bond acceptors (Lipinski definition) is 4. The number of unbranched alkanes of at least 4 members (excludes halogenated alkanes) is 4. The molecule has 138 valence electrons. The molecule has 0 amide bonds. The number of nitrogens with zero attached hydrogens (tertiary/aromatic N) is 1. The summed E-state index contributed by atoms with van der Waals surface area (Å²) in [5.74, 6) is -0.357. The SMILES string of the molecule is CCCCCCCC(=O)OC1=C(c2ccccc2C)C(=O)C(CC#N)C1. The van der Waals surface area contributed by atoms with Gasteiger partial charge in [-0.2, -0.15) is 5.26 Å². The maximum Gasteiger partial charge on any atom is 0.310 e. The van der Waals surface area contributed by atoms with Crippen LogP contribution in [0, 0.1) is 24.2 Å². The fourth-order valence-corrected chi connectivity index (χ4v) is 3.33. The zero-order valence-electron chi connectivity index (χ0n) is 15.7. The molecule has 0 saturated carbocycles. The number of ether oxygens (including phenoxy) is 1. The van der Waals surface area contributed by atoms with E-state index in [-0.39, 0.29) is 18.2 Å². The van der Waals surface area contributed by atoms with E-state index in [1.54, 1.807) is 0 Å². The molecule has 4 heteroatoms. The van der Waals surface area contributed by atoms with Crippen LogP contribution in [0.5, 0.6) is 0 Å². The Morgan fingerprint density at radius 1 is 1.23 bits per heavy atom. The van der Waals surface area contributed by atoms with E-state index in [1.165, 1.54) is 12.8 Å². The van der Waals surface area contributed by atoms with Gasteiger partial charge in [0.25, 0.3) is 0 Å². The molecule has 0 aromatic heterocycles. The normalized spacial score (nSPS) is 16.7. The molecule has 1 atom stereocenters. The summed E-state index contributed by atoms with van der Waals surface area (Å²) in [7, 11) is 0. The van der Waals surface area contributed by atoms with Crippen LogP contribution in [0.25, 0.3) is 5.57 Å². The molecule has 2 rings (SSSR count). The molecule has 4 nitrogen and oxygen atoms in total. The Bertz CT molecular complexity index is 727. The number of ketones is 1. The lowest BCUT2D eigenvalue weighted by molar-refractivity contribution is -0.139.